The summed E-state index contributed by atoms with van der Waals surface area (Å²) in [5.41, 5.74) is 0.824. The lowest BCUT2D eigenvalue weighted by molar-refractivity contribution is -0.141. The van der Waals surface area contributed by atoms with Crippen LogP contribution in [0.5, 0.6) is 0 Å². The first-order valence-electron chi connectivity index (χ1n) is 5.62. The van der Waals surface area contributed by atoms with E-state index in [-0.39, 0.29) is 25.7 Å². The van der Waals surface area contributed by atoms with Gasteiger partial charge < -0.3 is 10.2 Å². The number of rotatable bonds is 7. The van der Waals surface area contributed by atoms with Crippen LogP contribution in [0.2, 0.25) is 0 Å². The topological polar surface area (TPSA) is 74.6 Å². The molecule has 0 saturated heterocycles. The summed E-state index contributed by atoms with van der Waals surface area (Å²) in [5.74, 6) is -2.06. The molecule has 0 radical (unpaired) electrons. The zero-order valence-corrected chi connectivity index (χ0v) is 10.6. The molecule has 1 aromatic rings. The van der Waals surface area contributed by atoms with E-state index in [1.807, 2.05) is 18.2 Å². The summed E-state index contributed by atoms with van der Waals surface area (Å²) in [4.78, 5) is 20.2. The second-order valence-corrected chi connectivity index (χ2v) is 4.90. The molecule has 1 atom stereocenters. The smallest absolute Gasteiger partial charge is 0.325 e. The molecule has 0 bridgehead atoms. The van der Waals surface area contributed by atoms with Gasteiger partial charge in [-0.15, -0.1) is 11.6 Å². The third kappa shape index (κ3) is 4.37. The van der Waals surface area contributed by atoms with Gasteiger partial charge in [0.1, 0.15) is 4.87 Å². The summed E-state index contributed by atoms with van der Waals surface area (Å²) in [6, 6.07) is 9.07. The lowest BCUT2D eigenvalue weighted by Gasteiger charge is -2.22. The van der Waals surface area contributed by atoms with Gasteiger partial charge in [-0.25, -0.2) is 0 Å². The Morgan fingerprint density at radius 2 is 1.78 bits per heavy atom. The minimum Gasteiger partial charge on any atom is -0.481 e. The van der Waals surface area contributed by atoms with Crippen molar-refractivity contribution in [2.45, 2.75) is 30.6 Å². The number of carbonyl (C=O) groups is 2. The van der Waals surface area contributed by atoms with Gasteiger partial charge in [-0.2, -0.15) is 0 Å². The highest BCUT2D eigenvalue weighted by Crippen LogP contribution is 2.28. The second-order valence-electron chi connectivity index (χ2n) is 4.18. The van der Waals surface area contributed by atoms with Gasteiger partial charge in [0.15, 0.2) is 0 Å². The van der Waals surface area contributed by atoms with Crippen LogP contribution in [0.15, 0.2) is 30.3 Å². The molecule has 0 fully saturated rings. The van der Waals surface area contributed by atoms with Crippen LogP contribution in [0.4, 0.5) is 0 Å². The molecule has 5 heteroatoms. The Bertz CT molecular complexity index is 418. The van der Waals surface area contributed by atoms with Gasteiger partial charge in [0.25, 0.3) is 0 Å². The van der Waals surface area contributed by atoms with E-state index in [9.17, 15) is 14.7 Å². The maximum absolute atomic E-state index is 11.2. The predicted octanol–water partition coefficient (Wildman–Crippen LogP) is 2.55. The number of alkyl halides is 1. The van der Waals surface area contributed by atoms with Gasteiger partial charge in [-0.1, -0.05) is 30.3 Å². The fourth-order valence-electron chi connectivity index (χ4n) is 1.71. The summed E-state index contributed by atoms with van der Waals surface area (Å²) in [6.45, 7) is 0. The maximum Gasteiger partial charge on any atom is 0.325 e. The van der Waals surface area contributed by atoms with Crippen LogP contribution in [-0.4, -0.2) is 27.0 Å². The standard InChI is InChI=1S/C13H15ClO4/c14-13(12(17)18,8-4-7-11(15)16)9-10-5-2-1-3-6-10/h1-3,5-6H,4,7-9H2,(H,15,16)(H,17,18). The fourth-order valence-corrected chi connectivity index (χ4v) is 2.00. The lowest BCUT2D eigenvalue weighted by Crippen LogP contribution is -2.35. The molecule has 4 nitrogen and oxygen atoms in total. The van der Waals surface area contributed by atoms with Crippen molar-refractivity contribution < 1.29 is 19.8 Å². The normalized spacial score (nSPS) is 13.8. The Hall–Kier alpha value is -1.55. The quantitative estimate of drug-likeness (QED) is 0.747. The number of aliphatic carboxylic acids is 2. The summed E-state index contributed by atoms with van der Waals surface area (Å²) < 4.78 is 0. The Morgan fingerprint density at radius 3 is 2.28 bits per heavy atom. The van der Waals surface area contributed by atoms with E-state index in [4.69, 9.17) is 16.7 Å². The third-order valence-corrected chi connectivity index (χ3v) is 3.16. The average molecular weight is 271 g/mol. The molecule has 1 rings (SSSR count). The highest BCUT2D eigenvalue weighted by Gasteiger charge is 2.35. The van der Waals surface area contributed by atoms with Gasteiger partial charge in [0, 0.05) is 12.8 Å². The van der Waals surface area contributed by atoms with Gasteiger partial charge in [-0.3, -0.25) is 9.59 Å². The molecule has 0 aliphatic carbocycles. The highest BCUT2D eigenvalue weighted by molar-refractivity contribution is 6.33. The van der Waals surface area contributed by atoms with Crippen molar-refractivity contribution in [2.75, 3.05) is 0 Å². The Kier molecular flexibility index (Phi) is 5.16. The summed E-state index contributed by atoms with van der Waals surface area (Å²) >= 11 is 6.10. The van der Waals surface area contributed by atoms with E-state index < -0.39 is 16.8 Å². The minimum absolute atomic E-state index is 0.0729. The Labute approximate surface area is 110 Å². The molecule has 0 spiro atoms. The van der Waals surface area contributed by atoms with Crippen molar-refractivity contribution in [1.29, 1.82) is 0 Å². The molecule has 1 aromatic carbocycles. The number of hydrogen-bond acceptors (Lipinski definition) is 2. The van der Waals surface area contributed by atoms with Crippen molar-refractivity contribution in [3.05, 3.63) is 35.9 Å². The molecule has 18 heavy (non-hydrogen) atoms. The molecule has 0 aliphatic rings. The molecular formula is C13H15ClO4. The molecule has 0 amide bonds. The average Bonchev–Trinajstić information content (AvgIpc) is 2.29. The van der Waals surface area contributed by atoms with Crippen LogP contribution < -0.4 is 0 Å². The highest BCUT2D eigenvalue weighted by atomic mass is 35.5. The van der Waals surface area contributed by atoms with Crippen LogP contribution >= 0.6 is 11.6 Å². The van der Waals surface area contributed by atoms with E-state index in [1.165, 1.54) is 0 Å². The third-order valence-electron chi connectivity index (χ3n) is 2.67. The SMILES string of the molecule is O=C(O)CCCC(Cl)(Cc1ccccc1)C(=O)O. The van der Waals surface area contributed by atoms with E-state index in [2.05, 4.69) is 0 Å². The molecule has 0 saturated carbocycles. The zero-order valence-electron chi connectivity index (χ0n) is 9.80. The van der Waals surface area contributed by atoms with Crippen molar-refractivity contribution in [3.63, 3.8) is 0 Å². The summed E-state index contributed by atoms with van der Waals surface area (Å²) in [7, 11) is 0. The molecule has 2 N–H and O–H groups in total. The maximum atomic E-state index is 11.2. The summed E-state index contributed by atoms with van der Waals surface area (Å²) in [6.07, 6.45) is 0.490. The molecule has 1 unspecified atom stereocenters. The van der Waals surface area contributed by atoms with Gasteiger partial charge in [0.2, 0.25) is 0 Å². The lowest BCUT2D eigenvalue weighted by atomic mass is 9.93. The molecule has 0 aromatic heterocycles. The largest absolute Gasteiger partial charge is 0.481 e. The number of hydrogen-bond donors (Lipinski definition) is 2. The number of benzene rings is 1. The molecule has 0 heterocycles. The number of carboxylic acid groups (broad SMARTS) is 2. The fraction of sp³-hybridized carbons (Fsp3) is 0.385. The van der Waals surface area contributed by atoms with Crippen LogP contribution in [0.25, 0.3) is 0 Å². The second kappa shape index (κ2) is 6.40. The zero-order chi connectivity index (χ0) is 13.6. The first-order chi connectivity index (χ1) is 8.44. The Balaban J connectivity index is 2.68. The summed E-state index contributed by atoms with van der Waals surface area (Å²) in [5, 5.41) is 17.7. The van der Waals surface area contributed by atoms with Crippen LogP contribution in [0.1, 0.15) is 24.8 Å². The monoisotopic (exact) mass is 270 g/mol. The molecular weight excluding hydrogens is 256 g/mol. The minimum atomic E-state index is -1.43. The first kappa shape index (κ1) is 14.5. The van der Waals surface area contributed by atoms with Gasteiger partial charge >= 0.3 is 11.9 Å². The van der Waals surface area contributed by atoms with Crippen LogP contribution in [0, 0.1) is 0 Å². The van der Waals surface area contributed by atoms with Crippen molar-refractivity contribution >= 4 is 23.5 Å². The van der Waals surface area contributed by atoms with E-state index in [1.54, 1.807) is 12.1 Å². The van der Waals surface area contributed by atoms with E-state index in [0.717, 1.165) is 5.56 Å². The molecule has 98 valence electrons. The number of halogens is 1. The van der Waals surface area contributed by atoms with Crippen molar-refractivity contribution in [1.82, 2.24) is 0 Å². The van der Waals surface area contributed by atoms with E-state index >= 15 is 0 Å². The van der Waals surface area contributed by atoms with E-state index in [0.29, 0.717) is 0 Å². The van der Waals surface area contributed by atoms with Gasteiger partial charge in [-0.05, 0) is 18.4 Å². The van der Waals surface area contributed by atoms with Crippen LogP contribution in [-0.2, 0) is 16.0 Å². The Morgan fingerprint density at radius 1 is 1.17 bits per heavy atom. The number of carboxylic acids is 2. The van der Waals surface area contributed by atoms with Crippen molar-refractivity contribution in [3.8, 4) is 0 Å². The van der Waals surface area contributed by atoms with Gasteiger partial charge in [0.05, 0.1) is 0 Å². The van der Waals surface area contributed by atoms with Crippen molar-refractivity contribution in [2.24, 2.45) is 0 Å². The first-order valence-corrected chi connectivity index (χ1v) is 6.00. The molecule has 0 aliphatic heterocycles. The predicted molar refractivity (Wildman–Crippen MR) is 67.9 cm³/mol. The van der Waals surface area contributed by atoms with Crippen LogP contribution in [0.3, 0.4) is 0 Å².